The molecule has 2 aromatic rings. The van der Waals surface area contributed by atoms with Crippen LogP contribution in [0.1, 0.15) is 26.5 Å². The molecule has 1 aromatic heterocycles. The highest BCUT2D eigenvalue weighted by molar-refractivity contribution is 8.00. The molecule has 20 heavy (non-hydrogen) atoms. The van der Waals surface area contributed by atoms with E-state index in [1.54, 1.807) is 13.0 Å². The smallest absolute Gasteiger partial charge is 0.296 e. The van der Waals surface area contributed by atoms with E-state index >= 15 is 0 Å². The van der Waals surface area contributed by atoms with E-state index in [9.17, 15) is 18.0 Å². The van der Waals surface area contributed by atoms with Crippen LogP contribution in [-0.4, -0.2) is 11.3 Å². The molecule has 106 valence electrons. The van der Waals surface area contributed by atoms with Crippen LogP contribution in [0, 0.1) is 6.92 Å². The average Bonchev–Trinajstić information content (AvgIpc) is 2.76. The van der Waals surface area contributed by atoms with Crippen molar-refractivity contribution in [2.75, 3.05) is 0 Å². The van der Waals surface area contributed by atoms with Crippen molar-refractivity contribution in [3.05, 3.63) is 46.0 Å². The maximum absolute atomic E-state index is 12.6. The second-order valence-corrected chi connectivity index (χ2v) is 6.45. The highest BCUT2D eigenvalue weighted by Gasteiger charge is 2.30. The molecule has 0 amide bonds. The number of thioether (sulfide) groups is 1. The second kappa shape index (κ2) is 5.97. The first-order valence-corrected chi connectivity index (χ1v) is 7.42. The maximum atomic E-state index is 12.6. The van der Waals surface area contributed by atoms with Crippen LogP contribution in [0.4, 0.5) is 13.2 Å². The van der Waals surface area contributed by atoms with Gasteiger partial charge < -0.3 is 0 Å². The molecule has 1 heterocycles. The number of halogens is 3. The summed E-state index contributed by atoms with van der Waals surface area (Å²) in [6.07, 6.45) is -3.65. The summed E-state index contributed by atoms with van der Waals surface area (Å²) in [7, 11) is 0. The first-order valence-electron chi connectivity index (χ1n) is 5.61. The number of aldehydes is 1. The molecule has 7 heteroatoms. The standard InChI is InChI=1S/C13H10F3NOS2/c1-8-11(6-18)17-12(20-8)19-7-9-3-2-4-10(5-9)13(14,15)16/h2-6H,7H2,1H3. The predicted octanol–water partition coefficient (Wildman–Crippen LogP) is 4.58. The second-order valence-electron chi connectivity index (χ2n) is 4.03. The summed E-state index contributed by atoms with van der Waals surface area (Å²) >= 11 is 2.69. The fourth-order valence-electron chi connectivity index (χ4n) is 1.54. The third-order valence-electron chi connectivity index (χ3n) is 2.54. The van der Waals surface area contributed by atoms with E-state index in [0.717, 1.165) is 17.0 Å². The van der Waals surface area contributed by atoms with Gasteiger partial charge in [0.15, 0.2) is 10.6 Å². The van der Waals surface area contributed by atoms with Crippen LogP contribution in [0.5, 0.6) is 0 Å². The summed E-state index contributed by atoms with van der Waals surface area (Å²) in [6, 6.07) is 5.21. The zero-order valence-electron chi connectivity index (χ0n) is 10.4. The highest BCUT2D eigenvalue weighted by Crippen LogP contribution is 2.32. The molecule has 0 saturated heterocycles. The molecule has 0 N–H and O–H groups in total. The Hall–Kier alpha value is -1.34. The Morgan fingerprint density at radius 2 is 2.15 bits per heavy atom. The fourth-order valence-corrected chi connectivity index (χ4v) is 3.56. The van der Waals surface area contributed by atoms with Crippen LogP contribution >= 0.6 is 23.1 Å². The van der Waals surface area contributed by atoms with E-state index < -0.39 is 11.7 Å². The Kier molecular flexibility index (Phi) is 4.49. The van der Waals surface area contributed by atoms with E-state index in [4.69, 9.17) is 0 Å². The lowest BCUT2D eigenvalue weighted by molar-refractivity contribution is -0.137. The van der Waals surface area contributed by atoms with Crippen LogP contribution in [0.2, 0.25) is 0 Å². The number of carbonyl (C=O) groups is 1. The van der Waals surface area contributed by atoms with Crippen LogP contribution in [0.25, 0.3) is 0 Å². The quantitative estimate of drug-likeness (QED) is 0.611. The Balaban J connectivity index is 2.09. The third kappa shape index (κ3) is 3.61. The number of aryl methyl sites for hydroxylation is 1. The van der Waals surface area contributed by atoms with Crippen molar-refractivity contribution >= 4 is 29.4 Å². The summed E-state index contributed by atoms with van der Waals surface area (Å²) in [5.41, 5.74) is 0.311. The first-order chi connectivity index (χ1) is 9.40. The van der Waals surface area contributed by atoms with Gasteiger partial charge in [-0.2, -0.15) is 13.2 Å². The summed E-state index contributed by atoms with van der Waals surface area (Å²) in [4.78, 5) is 15.6. The lowest BCUT2D eigenvalue weighted by Crippen LogP contribution is -2.04. The SMILES string of the molecule is Cc1sc(SCc2cccc(C(F)(F)F)c2)nc1C=O. The molecule has 0 unspecified atom stereocenters. The van der Waals surface area contributed by atoms with Crippen molar-refractivity contribution < 1.29 is 18.0 Å². The summed E-state index contributed by atoms with van der Waals surface area (Å²) < 4.78 is 38.4. The van der Waals surface area contributed by atoms with Crippen LogP contribution in [0.15, 0.2) is 28.6 Å². The Morgan fingerprint density at radius 3 is 2.75 bits per heavy atom. The van der Waals surface area contributed by atoms with Gasteiger partial charge >= 0.3 is 6.18 Å². The normalized spacial score (nSPS) is 11.6. The lowest BCUT2D eigenvalue weighted by Gasteiger charge is -2.07. The van der Waals surface area contributed by atoms with Gasteiger partial charge in [-0.3, -0.25) is 4.79 Å². The minimum absolute atomic E-state index is 0.384. The predicted molar refractivity (Wildman–Crippen MR) is 73.2 cm³/mol. The summed E-state index contributed by atoms with van der Waals surface area (Å²) in [5, 5.41) is 0. The van der Waals surface area contributed by atoms with Gasteiger partial charge in [0, 0.05) is 10.6 Å². The van der Waals surface area contributed by atoms with Crippen molar-refractivity contribution in [1.29, 1.82) is 0 Å². The number of hydrogen-bond donors (Lipinski definition) is 0. The molecular weight excluding hydrogens is 307 g/mol. The van der Waals surface area contributed by atoms with Crippen molar-refractivity contribution in [3.63, 3.8) is 0 Å². The molecule has 0 spiro atoms. The third-order valence-corrected chi connectivity index (χ3v) is 4.74. The topological polar surface area (TPSA) is 30.0 Å². The average molecular weight is 317 g/mol. The molecule has 0 aliphatic carbocycles. The molecular formula is C13H10F3NOS2. The van der Waals surface area contributed by atoms with Gasteiger partial charge in [-0.25, -0.2) is 4.98 Å². The van der Waals surface area contributed by atoms with Gasteiger partial charge in [-0.1, -0.05) is 30.0 Å². The molecule has 1 aromatic carbocycles. The molecule has 0 radical (unpaired) electrons. The monoisotopic (exact) mass is 317 g/mol. The van der Waals surface area contributed by atoms with E-state index in [0.29, 0.717) is 27.6 Å². The Labute approximate surface area is 122 Å². The van der Waals surface area contributed by atoms with Gasteiger partial charge in [-0.05, 0) is 18.6 Å². The Morgan fingerprint density at radius 1 is 1.40 bits per heavy atom. The van der Waals surface area contributed by atoms with Gasteiger partial charge in [-0.15, -0.1) is 11.3 Å². The van der Waals surface area contributed by atoms with Gasteiger partial charge in [0.1, 0.15) is 5.69 Å². The lowest BCUT2D eigenvalue weighted by atomic mass is 10.1. The summed E-state index contributed by atoms with van der Waals surface area (Å²) in [6.45, 7) is 1.79. The van der Waals surface area contributed by atoms with Crippen LogP contribution < -0.4 is 0 Å². The largest absolute Gasteiger partial charge is 0.416 e. The van der Waals surface area contributed by atoms with Crippen LogP contribution in [-0.2, 0) is 11.9 Å². The number of alkyl halides is 3. The van der Waals surface area contributed by atoms with Crippen LogP contribution in [0.3, 0.4) is 0 Å². The molecule has 0 aliphatic rings. The van der Waals surface area contributed by atoms with E-state index in [-0.39, 0.29) is 0 Å². The van der Waals surface area contributed by atoms with E-state index in [1.165, 1.54) is 29.2 Å². The number of thiazole rings is 1. The minimum Gasteiger partial charge on any atom is -0.296 e. The zero-order valence-corrected chi connectivity index (χ0v) is 12.0. The molecule has 0 atom stereocenters. The molecule has 0 aliphatic heterocycles. The van der Waals surface area contributed by atoms with Crippen molar-refractivity contribution in [3.8, 4) is 0 Å². The Bertz CT molecular complexity index is 622. The molecule has 0 fully saturated rings. The number of hydrogen-bond acceptors (Lipinski definition) is 4. The molecule has 0 saturated carbocycles. The number of benzene rings is 1. The molecule has 2 nitrogen and oxygen atoms in total. The maximum Gasteiger partial charge on any atom is 0.416 e. The molecule has 2 rings (SSSR count). The van der Waals surface area contributed by atoms with Crippen molar-refractivity contribution in [2.45, 2.75) is 23.2 Å². The van der Waals surface area contributed by atoms with Gasteiger partial charge in [0.25, 0.3) is 0 Å². The van der Waals surface area contributed by atoms with Crippen molar-refractivity contribution in [1.82, 2.24) is 4.98 Å². The number of rotatable bonds is 4. The van der Waals surface area contributed by atoms with Gasteiger partial charge in [0.2, 0.25) is 0 Å². The zero-order chi connectivity index (χ0) is 14.8. The number of carbonyl (C=O) groups excluding carboxylic acids is 1. The molecule has 0 bridgehead atoms. The van der Waals surface area contributed by atoms with E-state index in [2.05, 4.69) is 4.98 Å². The number of aromatic nitrogens is 1. The summed E-state index contributed by atoms with van der Waals surface area (Å²) in [5.74, 6) is 0.384. The first kappa shape index (κ1) is 15.1. The highest BCUT2D eigenvalue weighted by atomic mass is 32.2. The minimum atomic E-state index is -4.33. The van der Waals surface area contributed by atoms with Crippen molar-refractivity contribution in [2.24, 2.45) is 0 Å². The van der Waals surface area contributed by atoms with E-state index in [1.807, 2.05) is 0 Å². The fraction of sp³-hybridized carbons (Fsp3) is 0.231. The van der Waals surface area contributed by atoms with Gasteiger partial charge in [0.05, 0.1) is 5.56 Å². The number of nitrogens with zero attached hydrogens (tertiary/aromatic N) is 1.